The van der Waals surface area contributed by atoms with Gasteiger partial charge in [0, 0.05) is 24.6 Å². The SMILES string of the molecule is O=C(NC[C@@H](CO)Cc1ccsc1)c1cn[nH]c1-c1ccccc1. The summed E-state index contributed by atoms with van der Waals surface area (Å²) in [6.45, 7) is 0.456. The lowest BCUT2D eigenvalue weighted by molar-refractivity contribution is 0.0940. The van der Waals surface area contributed by atoms with E-state index in [1.807, 2.05) is 41.8 Å². The fraction of sp³-hybridized carbons (Fsp3) is 0.222. The molecule has 5 nitrogen and oxygen atoms in total. The van der Waals surface area contributed by atoms with Crippen LogP contribution in [0.2, 0.25) is 0 Å². The van der Waals surface area contributed by atoms with Gasteiger partial charge < -0.3 is 10.4 Å². The summed E-state index contributed by atoms with van der Waals surface area (Å²) in [7, 11) is 0. The molecule has 0 saturated carbocycles. The van der Waals surface area contributed by atoms with Crippen molar-refractivity contribution in [3.8, 4) is 11.3 Å². The van der Waals surface area contributed by atoms with Crippen LogP contribution in [0.4, 0.5) is 0 Å². The van der Waals surface area contributed by atoms with Crippen molar-refractivity contribution in [1.29, 1.82) is 0 Å². The second-order valence-corrected chi connectivity index (χ2v) is 6.40. The van der Waals surface area contributed by atoms with Gasteiger partial charge in [-0.2, -0.15) is 16.4 Å². The summed E-state index contributed by atoms with van der Waals surface area (Å²) in [6, 6.07) is 11.7. The monoisotopic (exact) mass is 341 g/mol. The molecule has 24 heavy (non-hydrogen) atoms. The van der Waals surface area contributed by atoms with Crippen LogP contribution in [0.25, 0.3) is 11.3 Å². The Kier molecular flexibility index (Phi) is 5.40. The summed E-state index contributed by atoms with van der Waals surface area (Å²) in [5.74, 6) is -0.193. The quantitative estimate of drug-likeness (QED) is 0.618. The predicted octanol–water partition coefficient (Wildman–Crippen LogP) is 2.72. The molecule has 0 unspecified atom stereocenters. The molecular formula is C18H19N3O2S. The van der Waals surface area contributed by atoms with E-state index < -0.39 is 0 Å². The number of aliphatic hydroxyl groups is 1. The zero-order valence-corrected chi connectivity index (χ0v) is 13.9. The first kappa shape index (κ1) is 16.4. The number of carbonyl (C=O) groups excluding carboxylic acids is 1. The van der Waals surface area contributed by atoms with Gasteiger partial charge in [0.15, 0.2) is 0 Å². The molecule has 124 valence electrons. The highest BCUT2D eigenvalue weighted by Crippen LogP contribution is 2.20. The first-order chi connectivity index (χ1) is 11.8. The van der Waals surface area contributed by atoms with E-state index in [0.717, 1.165) is 12.0 Å². The molecule has 0 spiro atoms. The number of nitrogens with zero attached hydrogens (tertiary/aromatic N) is 1. The van der Waals surface area contributed by atoms with E-state index in [0.29, 0.717) is 17.8 Å². The molecule has 0 radical (unpaired) electrons. The van der Waals surface area contributed by atoms with Crippen molar-refractivity contribution in [2.75, 3.05) is 13.2 Å². The number of benzene rings is 1. The Morgan fingerprint density at radius 1 is 1.29 bits per heavy atom. The third kappa shape index (κ3) is 3.90. The first-order valence-corrected chi connectivity index (χ1v) is 8.71. The summed E-state index contributed by atoms with van der Waals surface area (Å²) in [6.07, 6.45) is 2.28. The molecule has 6 heteroatoms. The first-order valence-electron chi connectivity index (χ1n) is 7.77. The van der Waals surface area contributed by atoms with Crippen molar-refractivity contribution in [3.05, 3.63) is 64.5 Å². The van der Waals surface area contributed by atoms with Crippen LogP contribution in [-0.2, 0) is 6.42 Å². The Morgan fingerprint density at radius 3 is 2.83 bits per heavy atom. The van der Waals surface area contributed by atoms with E-state index in [9.17, 15) is 9.90 Å². The Morgan fingerprint density at radius 2 is 2.12 bits per heavy atom. The number of amides is 1. The number of aromatic nitrogens is 2. The molecule has 2 aromatic heterocycles. The minimum atomic E-state index is -0.189. The third-order valence-corrected chi connectivity index (χ3v) is 4.59. The Bertz CT molecular complexity index is 769. The van der Waals surface area contributed by atoms with Crippen LogP contribution >= 0.6 is 11.3 Å². The number of thiophene rings is 1. The summed E-state index contributed by atoms with van der Waals surface area (Å²) in [5, 5.41) is 23.4. The highest BCUT2D eigenvalue weighted by atomic mass is 32.1. The standard InChI is InChI=1S/C18H19N3O2S/c22-11-14(8-13-6-7-24-12-13)9-19-18(23)16-10-20-21-17(16)15-4-2-1-3-5-15/h1-7,10,12,14,22H,8-9,11H2,(H,19,23)(H,20,21)/t14-/m0/s1. The lowest BCUT2D eigenvalue weighted by Crippen LogP contribution is -2.31. The predicted molar refractivity (Wildman–Crippen MR) is 95.0 cm³/mol. The molecule has 0 saturated heterocycles. The van der Waals surface area contributed by atoms with Crippen molar-refractivity contribution in [3.63, 3.8) is 0 Å². The molecule has 0 fully saturated rings. The topological polar surface area (TPSA) is 78.0 Å². The molecule has 2 heterocycles. The normalized spacial score (nSPS) is 12.0. The second-order valence-electron chi connectivity index (χ2n) is 5.62. The lowest BCUT2D eigenvalue weighted by Gasteiger charge is -2.14. The smallest absolute Gasteiger partial charge is 0.255 e. The molecule has 0 bridgehead atoms. The van der Waals surface area contributed by atoms with Crippen molar-refractivity contribution >= 4 is 17.2 Å². The van der Waals surface area contributed by atoms with Crippen molar-refractivity contribution in [1.82, 2.24) is 15.5 Å². The number of hydrogen-bond acceptors (Lipinski definition) is 4. The maximum absolute atomic E-state index is 12.5. The van der Waals surface area contributed by atoms with Crippen LogP contribution in [0.3, 0.4) is 0 Å². The fourth-order valence-corrected chi connectivity index (χ4v) is 3.24. The van der Waals surface area contributed by atoms with Crippen LogP contribution in [0.5, 0.6) is 0 Å². The Labute approximate surface area is 144 Å². The largest absolute Gasteiger partial charge is 0.396 e. The zero-order valence-electron chi connectivity index (χ0n) is 13.1. The molecule has 1 aromatic carbocycles. The average molecular weight is 341 g/mol. The van der Waals surface area contributed by atoms with Gasteiger partial charge in [0.1, 0.15) is 0 Å². The lowest BCUT2D eigenvalue weighted by atomic mass is 10.0. The van der Waals surface area contributed by atoms with Gasteiger partial charge >= 0.3 is 0 Å². The molecular weight excluding hydrogens is 322 g/mol. The zero-order chi connectivity index (χ0) is 16.8. The van der Waals surface area contributed by atoms with Crippen molar-refractivity contribution in [2.24, 2.45) is 5.92 Å². The average Bonchev–Trinajstić information content (AvgIpc) is 3.30. The fourth-order valence-electron chi connectivity index (χ4n) is 2.56. The maximum atomic E-state index is 12.5. The van der Waals surface area contributed by atoms with Crippen molar-refractivity contribution in [2.45, 2.75) is 6.42 Å². The molecule has 1 amide bonds. The highest BCUT2D eigenvalue weighted by molar-refractivity contribution is 7.07. The van der Waals surface area contributed by atoms with E-state index in [4.69, 9.17) is 0 Å². The van der Waals surface area contributed by atoms with E-state index in [2.05, 4.69) is 20.9 Å². The van der Waals surface area contributed by atoms with Gasteiger partial charge in [-0.1, -0.05) is 30.3 Å². The number of aromatic amines is 1. The van der Waals surface area contributed by atoms with Gasteiger partial charge in [-0.05, 0) is 28.8 Å². The maximum Gasteiger partial charge on any atom is 0.255 e. The molecule has 3 rings (SSSR count). The molecule has 3 N–H and O–H groups in total. The number of carbonyl (C=O) groups is 1. The van der Waals surface area contributed by atoms with Crippen molar-refractivity contribution < 1.29 is 9.90 Å². The highest BCUT2D eigenvalue weighted by Gasteiger charge is 2.17. The summed E-state index contributed by atoms with van der Waals surface area (Å²) < 4.78 is 0. The van der Waals surface area contributed by atoms with Crippen LogP contribution in [0.15, 0.2) is 53.4 Å². The molecule has 3 aromatic rings. The molecule has 0 aliphatic heterocycles. The van der Waals surface area contributed by atoms with Gasteiger partial charge in [-0.25, -0.2) is 0 Å². The minimum Gasteiger partial charge on any atom is -0.396 e. The molecule has 0 aliphatic carbocycles. The number of rotatable bonds is 7. The van der Waals surface area contributed by atoms with Gasteiger partial charge in [0.05, 0.1) is 17.5 Å². The number of H-pyrrole nitrogens is 1. The van der Waals surface area contributed by atoms with Crippen LogP contribution < -0.4 is 5.32 Å². The van der Waals surface area contributed by atoms with E-state index in [-0.39, 0.29) is 18.4 Å². The number of aliphatic hydroxyl groups excluding tert-OH is 1. The van der Waals surface area contributed by atoms with Crippen LogP contribution in [0, 0.1) is 5.92 Å². The third-order valence-electron chi connectivity index (χ3n) is 3.86. The van der Waals surface area contributed by atoms with Crippen LogP contribution in [-0.4, -0.2) is 34.4 Å². The van der Waals surface area contributed by atoms with Gasteiger partial charge in [0.25, 0.3) is 5.91 Å². The Balaban J connectivity index is 1.64. The van der Waals surface area contributed by atoms with Crippen LogP contribution in [0.1, 0.15) is 15.9 Å². The van der Waals surface area contributed by atoms with Gasteiger partial charge in [0.2, 0.25) is 0 Å². The minimum absolute atomic E-state index is 0.00405. The summed E-state index contributed by atoms with van der Waals surface area (Å²) in [4.78, 5) is 12.5. The van der Waals surface area contributed by atoms with E-state index in [1.165, 1.54) is 11.8 Å². The Hall–Kier alpha value is -2.44. The molecule has 0 aliphatic rings. The molecule has 1 atom stereocenters. The summed E-state index contributed by atoms with van der Waals surface area (Å²) in [5.41, 5.74) is 3.30. The number of hydrogen-bond donors (Lipinski definition) is 3. The summed E-state index contributed by atoms with van der Waals surface area (Å²) >= 11 is 1.63. The second kappa shape index (κ2) is 7.90. The van der Waals surface area contributed by atoms with E-state index >= 15 is 0 Å². The number of nitrogens with one attached hydrogen (secondary N) is 2. The van der Waals surface area contributed by atoms with E-state index in [1.54, 1.807) is 11.3 Å². The van der Waals surface area contributed by atoms with Gasteiger partial charge in [-0.3, -0.25) is 9.89 Å². The van der Waals surface area contributed by atoms with Gasteiger partial charge in [-0.15, -0.1) is 0 Å².